The van der Waals surface area contributed by atoms with Crippen LogP contribution in [-0.2, 0) is 11.3 Å². The van der Waals surface area contributed by atoms with E-state index in [0.717, 1.165) is 90.1 Å². The summed E-state index contributed by atoms with van der Waals surface area (Å²) in [5.41, 5.74) is 6.25. The number of ether oxygens (including phenoxy) is 3. The minimum absolute atomic E-state index is 0.0391. The monoisotopic (exact) mass is 663 g/mol. The van der Waals surface area contributed by atoms with Crippen molar-refractivity contribution in [1.29, 1.82) is 0 Å². The number of carbonyl (C=O) groups excluding carboxylic acids is 1. The van der Waals surface area contributed by atoms with Crippen LogP contribution in [0.5, 0.6) is 17.2 Å². The summed E-state index contributed by atoms with van der Waals surface area (Å²) in [6.07, 6.45) is 4.48. The van der Waals surface area contributed by atoms with Gasteiger partial charge in [-0.3, -0.25) is 4.79 Å². The number of nitrogens with one attached hydrogen (secondary N) is 2. The fourth-order valence-corrected chi connectivity index (χ4v) is 7.25. The fraction of sp³-hybridized carbons (Fsp3) is 0.432. The zero-order valence-electron chi connectivity index (χ0n) is 26.8. The van der Waals surface area contributed by atoms with Crippen molar-refractivity contribution in [1.82, 2.24) is 15.5 Å². The van der Waals surface area contributed by atoms with Gasteiger partial charge in [0.1, 0.15) is 11.5 Å². The number of piperazine rings is 1. The highest BCUT2D eigenvalue weighted by atomic mass is 35.5. The van der Waals surface area contributed by atoms with E-state index in [-0.39, 0.29) is 24.0 Å². The smallest absolute Gasteiger partial charge is 0.252 e. The molecule has 2 N–H and O–H groups in total. The number of benzene rings is 3. The average Bonchev–Trinajstić information content (AvgIpc) is 3.88. The molecule has 1 aliphatic carbocycles. The number of fused-ring (bicyclic) bond motifs is 2. The van der Waals surface area contributed by atoms with Gasteiger partial charge < -0.3 is 29.7 Å². The lowest BCUT2D eigenvalue weighted by atomic mass is 9.83. The number of aryl methyl sites for hydroxylation is 1. The molecule has 2 bridgehead atoms. The average molecular weight is 665 g/mol. The van der Waals surface area contributed by atoms with Crippen LogP contribution in [-0.4, -0.2) is 62.3 Å². The molecule has 2 heterocycles. The molecule has 3 aromatic rings. The highest BCUT2D eigenvalue weighted by Crippen LogP contribution is 2.38. The molecule has 1 amide bonds. The molecular weight excluding hydrogens is 621 g/mol. The van der Waals surface area contributed by atoms with Crippen LogP contribution in [0.25, 0.3) is 5.57 Å². The third-order valence-electron chi connectivity index (χ3n) is 9.11. The van der Waals surface area contributed by atoms with Crippen LogP contribution in [0.2, 0.25) is 10.0 Å². The molecule has 3 aromatic carbocycles. The van der Waals surface area contributed by atoms with Crippen LogP contribution >= 0.6 is 23.2 Å². The second kappa shape index (κ2) is 14.7. The number of nitrogens with zero attached hydrogens (tertiary/aromatic N) is 1. The van der Waals surface area contributed by atoms with Crippen LogP contribution in [0.15, 0.2) is 60.2 Å². The largest absolute Gasteiger partial charge is 0.496 e. The number of halogens is 2. The van der Waals surface area contributed by atoms with Crippen molar-refractivity contribution in [3.8, 4) is 17.2 Å². The Morgan fingerprint density at radius 3 is 2.43 bits per heavy atom. The van der Waals surface area contributed by atoms with Gasteiger partial charge in [-0.1, -0.05) is 47.5 Å². The Balaban J connectivity index is 1.16. The Kier molecular flexibility index (Phi) is 10.4. The van der Waals surface area contributed by atoms with Gasteiger partial charge in [-0.25, -0.2) is 0 Å². The van der Waals surface area contributed by atoms with E-state index in [1.54, 1.807) is 7.11 Å². The van der Waals surface area contributed by atoms with Crippen LogP contribution in [0, 0.1) is 13.8 Å². The summed E-state index contributed by atoms with van der Waals surface area (Å²) in [5.74, 6) is 2.31. The van der Waals surface area contributed by atoms with Crippen molar-refractivity contribution in [2.45, 2.75) is 70.6 Å². The van der Waals surface area contributed by atoms with E-state index in [2.05, 4.69) is 40.7 Å². The van der Waals surface area contributed by atoms with Gasteiger partial charge in [-0.15, -0.1) is 0 Å². The second-order valence-electron chi connectivity index (χ2n) is 12.6. The molecule has 3 aliphatic rings. The fourth-order valence-electron chi connectivity index (χ4n) is 6.55. The summed E-state index contributed by atoms with van der Waals surface area (Å²) in [4.78, 5) is 16.7. The minimum atomic E-state index is -0.0391. The quantitative estimate of drug-likeness (QED) is 0.190. The third kappa shape index (κ3) is 7.49. The van der Waals surface area contributed by atoms with Crippen LogP contribution in [0.3, 0.4) is 0 Å². The summed E-state index contributed by atoms with van der Waals surface area (Å²) in [7, 11) is 1.69. The number of hydrogen-bond acceptors (Lipinski definition) is 6. The van der Waals surface area contributed by atoms with Gasteiger partial charge in [-0.2, -0.15) is 0 Å². The molecule has 9 heteroatoms. The second-order valence-corrected chi connectivity index (χ2v) is 13.4. The summed E-state index contributed by atoms with van der Waals surface area (Å²) >= 11 is 12.6. The van der Waals surface area contributed by atoms with E-state index >= 15 is 0 Å². The zero-order chi connectivity index (χ0) is 32.2. The van der Waals surface area contributed by atoms with Crippen molar-refractivity contribution in [3.05, 3.63) is 92.5 Å². The van der Waals surface area contributed by atoms with Gasteiger partial charge in [0.15, 0.2) is 5.75 Å². The maximum atomic E-state index is 14.6. The Labute approximate surface area is 282 Å². The summed E-state index contributed by atoms with van der Waals surface area (Å²) < 4.78 is 17.6. The highest BCUT2D eigenvalue weighted by molar-refractivity contribution is 6.37. The van der Waals surface area contributed by atoms with Crippen molar-refractivity contribution in [2.24, 2.45) is 0 Å². The first-order valence-electron chi connectivity index (χ1n) is 16.3. The number of hydrogen-bond donors (Lipinski definition) is 2. The number of unbranched alkanes of at least 4 members (excludes halogenated alkanes) is 1. The minimum Gasteiger partial charge on any atom is -0.496 e. The first-order chi connectivity index (χ1) is 22.3. The lowest BCUT2D eigenvalue weighted by Crippen LogP contribution is -2.60. The standard InChI is InChI=1S/C37H43Cl2N3O4/c1-23-16-31(38)36(32(39)17-23)46-15-5-4-14-45-29-10-6-8-25(18-29)30-19-27-20-40-21-33(41-27)35(30)37(43)42(28-12-13-28)22-26-9-7-11-34(44-3)24(26)2/h6-11,16-18,27-28,33,40-41H,4-5,12-15,19-22H2,1-3H3. The molecule has 0 radical (unpaired) electrons. The normalized spacial score (nSPS) is 19.2. The lowest BCUT2D eigenvalue weighted by molar-refractivity contribution is -0.128. The molecule has 2 atom stereocenters. The van der Waals surface area contributed by atoms with Gasteiger partial charge in [0, 0.05) is 37.3 Å². The number of rotatable bonds is 13. The Morgan fingerprint density at radius 2 is 1.70 bits per heavy atom. The Hall–Kier alpha value is -3.23. The molecule has 244 valence electrons. The molecule has 46 heavy (non-hydrogen) atoms. The Bertz CT molecular complexity index is 1580. The van der Waals surface area contributed by atoms with Crippen molar-refractivity contribution < 1.29 is 19.0 Å². The van der Waals surface area contributed by atoms with Crippen LogP contribution < -0.4 is 24.8 Å². The molecular formula is C37H43Cl2N3O4. The molecule has 0 spiro atoms. The zero-order valence-corrected chi connectivity index (χ0v) is 28.3. The predicted molar refractivity (Wildman–Crippen MR) is 184 cm³/mol. The van der Waals surface area contributed by atoms with Crippen molar-refractivity contribution >= 4 is 34.7 Å². The SMILES string of the molecule is COc1cccc(CN(C(=O)C2=C(c3cccc(OCCCCOc4c(Cl)cc(C)cc4Cl)c3)CC3CNCC2N3)C2CC2)c1C. The van der Waals surface area contributed by atoms with Crippen LogP contribution in [0.1, 0.15) is 54.4 Å². The van der Waals surface area contributed by atoms with E-state index < -0.39 is 0 Å². The van der Waals surface area contributed by atoms with Crippen molar-refractivity contribution in [2.75, 3.05) is 33.4 Å². The highest BCUT2D eigenvalue weighted by Gasteiger charge is 2.41. The number of carbonyl (C=O) groups is 1. The lowest BCUT2D eigenvalue weighted by Gasteiger charge is -2.41. The van der Waals surface area contributed by atoms with E-state index in [9.17, 15) is 4.79 Å². The molecule has 1 saturated carbocycles. The first-order valence-corrected chi connectivity index (χ1v) is 17.0. The van der Waals surface area contributed by atoms with Crippen LogP contribution in [0.4, 0.5) is 0 Å². The third-order valence-corrected chi connectivity index (χ3v) is 9.68. The van der Waals surface area contributed by atoms with E-state index in [4.69, 9.17) is 37.4 Å². The van der Waals surface area contributed by atoms with Gasteiger partial charge >= 0.3 is 0 Å². The van der Waals surface area contributed by atoms with Gasteiger partial charge in [0.2, 0.25) is 0 Å². The number of methoxy groups -OCH3 is 1. The first kappa shape index (κ1) is 32.7. The van der Waals surface area contributed by atoms with Gasteiger partial charge in [0.25, 0.3) is 5.91 Å². The van der Waals surface area contributed by atoms with E-state index in [1.165, 1.54) is 0 Å². The molecule has 2 aliphatic heterocycles. The molecule has 2 unspecified atom stereocenters. The maximum Gasteiger partial charge on any atom is 0.252 e. The van der Waals surface area contributed by atoms with Crippen molar-refractivity contribution in [3.63, 3.8) is 0 Å². The molecule has 1 saturated heterocycles. The molecule has 0 aromatic heterocycles. The molecule has 7 nitrogen and oxygen atoms in total. The molecule has 2 fully saturated rings. The van der Waals surface area contributed by atoms with E-state index in [1.807, 2.05) is 43.3 Å². The van der Waals surface area contributed by atoms with E-state index in [0.29, 0.717) is 35.6 Å². The summed E-state index contributed by atoms with van der Waals surface area (Å²) in [6.45, 7) is 7.26. The van der Waals surface area contributed by atoms with Gasteiger partial charge in [0.05, 0.1) is 36.4 Å². The topological polar surface area (TPSA) is 72.1 Å². The maximum absolute atomic E-state index is 14.6. The van der Waals surface area contributed by atoms with Gasteiger partial charge in [-0.05, 0) is 104 Å². The number of amides is 1. The summed E-state index contributed by atoms with van der Waals surface area (Å²) in [5, 5.41) is 8.33. The molecule has 6 rings (SSSR count). The summed E-state index contributed by atoms with van der Waals surface area (Å²) in [6, 6.07) is 18.5. The predicted octanol–water partition coefficient (Wildman–Crippen LogP) is 7.14. The Morgan fingerprint density at radius 1 is 0.957 bits per heavy atom.